The molecule has 0 amide bonds. The Morgan fingerprint density at radius 3 is 2.62 bits per heavy atom. The molecular formula is C9H6ClNO4S. The van der Waals surface area contributed by atoms with Crippen LogP contribution in [0, 0.1) is 0 Å². The number of benzene rings is 1. The lowest BCUT2D eigenvalue weighted by molar-refractivity contribution is 0.0699. The summed E-state index contributed by atoms with van der Waals surface area (Å²) in [6, 6.07) is 4.02. The van der Waals surface area contributed by atoms with Gasteiger partial charge in [0.05, 0.1) is 10.5 Å². The summed E-state index contributed by atoms with van der Waals surface area (Å²) < 4.78 is 22.2. The first-order valence-electron chi connectivity index (χ1n) is 4.18. The van der Waals surface area contributed by atoms with Gasteiger partial charge in [0, 0.05) is 27.8 Å². The second kappa shape index (κ2) is 3.50. The third-order valence-electron chi connectivity index (χ3n) is 2.17. The van der Waals surface area contributed by atoms with Crippen molar-refractivity contribution in [1.29, 1.82) is 0 Å². The fraction of sp³-hybridized carbons (Fsp3) is 0. The molecule has 16 heavy (non-hydrogen) atoms. The molecule has 2 rings (SSSR count). The number of carboxylic acid groups (broad SMARTS) is 1. The lowest BCUT2D eigenvalue weighted by Gasteiger charge is -1.97. The number of aromatic carboxylic acids is 1. The van der Waals surface area contributed by atoms with E-state index in [-0.39, 0.29) is 10.5 Å². The van der Waals surface area contributed by atoms with Crippen molar-refractivity contribution >= 4 is 36.6 Å². The number of halogens is 1. The molecule has 5 nitrogen and oxygen atoms in total. The maximum absolute atomic E-state index is 11.1. The number of carboxylic acids is 1. The van der Waals surface area contributed by atoms with Gasteiger partial charge in [0.15, 0.2) is 0 Å². The first-order chi connectivity index (χ1) is 7.39. The molecular weight excluding hydrogens is 254 g/mol. The van der Waals surface area contributed by atoms with E-state index in [0.717, 1.165) is 0 Å². The second-order valence-corrected chi connectivity index (χ2v) is 5.72. The van der Waals surface area contributed by atoms with E-state index >= 15 is 0 Å². The lowest BCUT2D eigenvalue weighted by Crippen LogP contribution is -1.95. The minimum absolute atomic E-state index is 0.0113. The summed E-state index contributed by atoms with van der Waals surface area (Å²) in [5.74, 6) is -1.13. The van der Waals surface area contributed by atoms with Crippen LogP contribution >= 0.6 is 10.7 Å². The van der Waals surface area contributed by atoms with Crippen LogP contribution in [0.1, 0.15) is 10.4 Å². The lowest BCUT2D eigenvalue weighted by atomic mass is 10.2. The fourth-order valence-corrected chi connectivity index (χ4v) is 2.21. The van der Waals surface area contributed by atoms with Gasteiger partial charge in [-0.2, -0.15) is 0 Å². The number of fused-ring (bicyclic) bond motifs is 1. The molecule has 7 heteroatoms. The summed E-state index contributed by atoms with van der Waals surface area (Å²) in [6.45, 7) is 0. The smallest absolute Gasteiger partial charge is 0.337 e. The Kier molecular flexibility index (Phi) is 2.40. The molecule has 0 radical (unpaired) electrons. The number of hydrogen-bond donors (Lipinski definition) is 2. The van der Waals surface area contributed by atoms with Crippen LogP contribution in [0.5, 0.6) is 0 Å². The molecule has 0 aliphatic heterocycles. The van der Waals surface area contributed by atoms with Crippen molar-refractivity contribution in [2.24, 2.45) is 0 Å². The highest BCUT2D eigenvalue weighted by Gasteiger charge is 2.15. The SMILES string of the molecule is O=C(O)c1c[nH]c2ccc(S(=O)(=O)Cl)cc12. The van der Waals surface area contributed by atoms with Gasteiger partial charge < -0.3 is 10.1 Å². The predicted molar refractivity (Wildman–Crippen MR) is 58.3 cm³/mol. The van der Waals surface area contributed by atoms with E-state index < -0.39 is 15.0 Å². The summed E-state index contributed by atoms with van der Waals surface area (Å²) in [7, 11) is 1.32. The Morgan fingerprint density at radius 2 is 2.06 bits per heavy atom. The predicted octanol–water partition coefficient (Wildman–Crippen LogP) is 1.79. The third-order valence-corrected chi connectivity index (χ3v) is 3.52. The Labute approximate surface area is 95.1 Å². The quantitative estimate of drug-likeness (QED) is 0.805. The zero-order valence-corrected chi connectivity index (χ0v) is 9.34. The van der Waals surface area contributed by atoms with Crippen molar-refractivity contribution in [1.82, 2.24) is 4.98 Å². The van der Waals surface area contributed by atoms with Gasteiger partial charge in [0.25, 0.3) is 9.05 Å². The third kappa shape index (κ3) is 1.77. The van der Waals surface area contributed by atoms with Gasteiger partial charge in [0.2, 0.25) is 0 Å². The van der Waals surface area contributed by atoms with E-state index in [1.54, 1.807) is 0 Å². The minimum Gasteiger partial charge on any atom is -0.478 e. The topological polar surface area (TPSA) is 87.2 Å². The highest BCUT2D eigenvalue weighted by molar-refractivity contribution is 8.13. The highest BCUT2D eigenvalue weighted by Crippen LogP contribution is 2.24. The van der Waals surface area contributed by atoms with Crippen LogP contribution in [0.15, 0.2) is 29.3 Å². The number of hydrogen-bond acceptors (Lipinski definition) is 3. The summed E-state index contributed by atoms with van der Waals surface area (Å²) in [4.78, 5) is 13.4. The van der Waals surface area contributed by atoms with E-state index in [1.165, 1.54) is 24.4 Å². The molecule has 0 saturated heterocycles. The van der Waals surface area contributed by atoms with Crippen LogP contribution in [0.3, 0.4) is 0 Å². The van der Waals surface area contributed by atoms with Gasteiger partial charge in [-0.3, -0.25) is 0 Å². The van der Waals surface area contributed by atoms with E-state index in [9.17, 15) is 13.2 Å². The van der Waals surface area contributed by atoms with Crippen LogP contribution in [0.25, 0.3) is 10.9 Å². The number of aromatic nitrogens is 1. The summed E-state index contributed by atoms with van der Waals surface area (Å²) >= 11 is 0. The average molecular weight is 260 g/mol. The van der Waals surface area contributed by atoms with Crippen LogP contribution in [0.2, 0.25) is 0 Å². The Morgan fingerprint density at radius 1 is 1.38 bits per heavy atom. The summed E-state index contributed by atoms with van der Waals surface area (Å²) in [5.41, 5.74) is 0.554. The molecule has 0 bridgehead atoms. The number of rotatable bonds is 2. The van der Waals surface area contributed by atoms with Crippen molar-refractivity contribution in [3.63, 3.8) is 0 Å². The molecule has 0 aliphatic rings. The molecule has 0 unspecified atom stereocenters. The molecule has 1 aromatic carbocycles. The van der Waals surface area contributed by atoms with Gasteiger partial charge in [0.1, 0.15) is 0 Å². The van der Waals surface area contributed by atoms with Gasteiger partial charge in [-0.1, -0.05) is 0 Å². The second-order valence-electron chi connectivity index (χ2n) is 3.15. The van der Waals surface area contributed by atoms with Crippen LogP contribution in [-0.2, 0) is 9.05 Å². The van der Waals surface area contributed by atoms with Crippen LogP contribution in [0.4, 0.5) is 0 Å². The molecule has 1 heterocycles. The standard InChI is InChI=1S/C9H6ClNO4S/c10-16(14,15)5-1-2-8-6(3-5)7(4-11-8)9(12)13/h1-4,11H,(H,12,13). The fourth-order valence-electron chi connectivity index (χ4n) is 1.43. The number of H-pyrrole nitrogens is 1. The van der Waals surface area contributed by atoms with Gasteiger partial charge >= 0.3 is 5.97 Å². The number of nitrogens with one attached hydrogen (secondary N) is 1. The minimum atomic E-state index is -3.85. The van der Waals surface area contributed by atoms with Gasteiger partial charge in [-0.05, 0) is 18.2 Å². The number of carbonyl (C=O) groups is 1. The van der Waals surface area contributed by atoms with Crippen LogP contribution < -0.4 is 0 Å². The van der Waals surface area contributed by atoms with E-state index in [1.807, 2.05) is 0 Å². The van der Waals surface area contributed by atoms with Crippen molar-refractivity contribution < 1.29 is 18.3 Å². The zero-order valence-electron chi connectivity index (χ0n) is 7.77. The molecule has 0 fully saturated rings. The largest absolute Gasteiger partial charge is 0.478 e. The molecule has 0 aliphatic carbocycles. The molecule has 2 N–H and O–H groups in total. The molecule has 0 saturated carbocycles. The Balaban J connectivity index is 2.78. The Hall–Kier alpha value is -1.53. The first kappa shape index (κ1) is 11.0. The average Bonchev–Trinajstić information content (AvgIpc) is 2.58. The van der Waals surface area contributed by atoms with Gasteiger partial charge in [-0.25, -0.2) is 13.2 Å². The van der Waals surface area contributed by atoms with Crippen molar-refractivity contribution in [2.75, 3.05) is 0 Å². The van der Waals surface area contributed by atoms with Gasteiger partial charge in [-0.15, -0.1) is 0 Å². The molecule has 2 aromatic rings. The van der Waals surface area contributed by atoms with E-state index in [2.05, 4.69) is 4.98 Å². The van der Waals surface area contributed by atoms with Crippen molar-refractivity contribution in [3.8, 4) is 0 Å². The van der Waals surface area contributed by atoms with E-state index in [4.69, 9.17) is 15.8 Å². The van der Waals surface area contributed by atoms with E-state index in [0.29, 0.717) is 10.9 Å². The summed E-state index contributed by atoms with van der Waals surface area (Å²) in [6.07, 6.45) is 1.30. The normalized spacial score (nSPS) is 11.8. The molecule has 0 spiro atoms. The van der Waals surface area contributed by atoms with Crippen LogP contribution in [-0.4, -0.2) is 24.5 Å². The zero-order chi connectivity index (χ0) is 11.9. The van der Waals surface area contributed by atoms with Crippen molar-refractivity contribution in [2.45, 2.75) is 4.90 Å². The first-order valence-corrected chi connectivity index (χ1v) is 6.49. The summed E-state index contributed by atoms with van der Waals surface area (Å²) in [5, 5.41) is 9.18. The Bertz CT molecular complexity index is 674. The maximum Gasteiger partial charge on any atom is 0.337 e. The molecule has 1 aromatic heterocycles. The van der Waals surface area contributed by atoms with Crippen molar-refractivity contribution in [3.05, 3.63) is 30.0 Å². The molecule has 0 atom stereocenters. The molecule has 84 valence electrons. The highest BCUT2D eigenvalue weighted by atomic mass is 35.7. The monoisotopic (exact) mass is 259 g/mol. The maximum atomic E-state index is 11.1. The number of aromatic amines is 1.